The fourth-order valence-electron chi connectivity index (χ4n) is 3.16. The summed E-state index contributed by atoms with van der Waals surface area (Å²) in [7, 11) is 0. The predicted octanol–water partition coefficient (Wildman–Crippen LogP) is 4.63. The Balaban J connectivity index is 1.25. The van der Waals surface area contributed by atoms with Crippen LogP contribution in [0.15, 0.2) is 78.9 Å². The monoisotopic (exact) mass is 418 g/mol. The maximum atomic E-state index is 12.1. The Hall–Kier alpha value is -3.64. The van der Waals surface area contributed by atoms with Crippen LogP contribution in [0.4, 0.5) is 0 Å². The standard InChI is InChI=1S/C25H22O6/c26-23(17-29-21-12-8-19(9-13-21)18-5-2-1-3-6-18)30-22-14-10-20(11-15-22)25(27)31-24-7-4-16-28-24/h1-3,5-6,8-15,24H,4,7,16-17H2. The van der Waals surface area contributed by atoms with Gasteiger partial charge in [-0.05, 0) is 53.9 Å². The van der Waals surface area contributed by atoms with Crippen LogP contribution < -0.4 is 9.47 Å². The molecule has 0 spiro atoms. The summed E-state index contributed by atoms with van der Waals surface area (Å²) >= 11 is 0. The van der Waals surface area contributed by atoms with E-state index < -0.39 is 18.2 Å². The van der Waals surface area contributed by atoms with Crippen molar-refractivity contribution in [1.82, 2.24) is 0 Å². The molecule has 0 aromatic heterocycles. The molecule has 3 aromatic carbocycles. The second-order valence-corrected chi connectivity index (χ2v) is 7.03. The summed E-state index contributed by atoms with van der Waals surface area (Å²) in [6.45, 7) is 0.375. The molecule has 1 fully saturated rings. The van der Waals surface area contributed by atoms with Gasteiger partial charge in [0.1, 0.15) is 11.5 Å². The van der Waals surface area contributed by atoms with Crippen molar-refractivity contribution in [2.45, 2.75) is 19.1 Å². The first-order valence-electron chi connectivity index (χ1n) is 10.1. The van der Waals surface area contributed by atoms with Crippen molar-refractivity contribution in [3.8, 4) is 22.6 Å². The molecule has 1 unspecified atom stereocenters. The SMILES string of the molecule is O=C(COc1ccc(-c2ccccc2)cc1)Oc1ccc(C(=O)OC2CCCO2)cc1. The van der Waals surface area contributed by atoms with Crippen molar-refractivity contribution in [2.24, 2.45) is 0 Å². The quantitative estimate of drug-likeness (QED) is 0.412. The average molecular weight is 418 g/mol. The van der Waals surface area contributed by atoms with Crippen LogP contribution in [-0.2, 0) is 14.3 Å². The maximum absolute atomic E-state index is 12.1. The van der Waals surface area contributed by atoms with Gasteiger partial charge >= 0.3 is 11.9 Å². The van der Waals surface area contributed by atoms with Crippen LogP contribution in [-0.4, -0.2) is 31.4 Å². The van der Waals surface area contributed by atoms with Crippen LogP contribution in [0, 0.1) is 0 Å². The number of hydrogen-bond donors (Lipinski definition) is 0. The van der Waals surface area contributed by atoms with Crippen LogP contribution in [0.5, 0.6) is 11.5 Å². The minimum atomic E-state index is -0.540. The highest BCUT2D eigenvalue weighted by Crippen LogP contribution is 2.22. The number of ether oxygens (including phenoxy) is 4. The summed E-state index contributed by atoms with van der Waals surface area (Å²) in [6, 6.07) is 23.6. The Morgan fingerprint density at radius 2 is 1.52 bits per heavy atom. The first-order valence-corrected chi connectivity index (χ1v) is 10.1. The second-order valence-electron chi connectivity index (χ2n) is 7.03. The number of carbonyl (C=O) groups excluding carboxylic acids is 2. The first-order chi connectivity index (χ1) is 15.2. The van der Waals surface area contributed by atoms with Crippen LogP contribution in [0.2, 0.25) is 0 Å². The Labute approximate surface area is 180 Å². The molecule has 1 heterocycles. The Bertz CT molecular complexity index is 1010. The van der Waals surface area contributed by atoms with Gasteiger partial charge in [0, 0.05) is 6.42 Å². The van der Waals surface area contributed by atoms with E-state index in [0.29, 0.717) is 30.1 Å². The lowest BCUT2D eigenvalue weighted by Gasteiger charge is -2.11. The molecule has 0 bridgehead atoms. The highest BCUT2D eigenvalue weighted by atomic mass is 16.7. The van der Waals surface area contributed by atoms with Crippen LogP contribution in [0.1, 0.15) is 23.2 Å². The molecule has 6 heteroatoms. The molecule has 0 N–H and O–H groups in total. The Morgan fingerprint density at radius 3 is 2.19 bits per heavy atom. The molecule has 1 atom stereocenters. The van der Waals surface area contributed by atoms with Gasteiger partial charge in [-0.2, -0.15) is 0 Å². The lowest BCUT2D eigenvalue weighted by molar-refractivity contribution is -0.136. The van der Waals surface area contributed by atoms with Gasteiger partial charge in [0.05, 0.1) is 12.2 Å². The van der Waals surface area contributed by atoms with Crippen LogP contribution >= 0.6 is 0 Å². The number of esters is 2. The zero-order valence-electron chi connectivity index (χ0n) is 16.9. The number of hydrogen-bond acceptors (Lipinski definition) is 6. The molecular formula is C25H22O6. The third-order valence-electron chi connectivity index (χ3n) is 4.77. The molecule has 31 heavy (non-hydrogen) atoms. The molecule has 1 aliphatic heterocycles. The summed E-state index contributed by atoms with van der Waals surface area (Å²) in [5, 5.41) is 0. The Morgan fingerprint density at radius 1 is 0.839 bits per heavy atom. The highest BCUT2D eigenvalue weighted by Gasteiger charge is 2.20. The second kappa shape index (κ2) is 9.91. The van der Waals surface area contributed by atoms with E-state index in [2.05, 4.69) is 0 Å². The summed E-state index contributed by atoms with van der Waals surface area (Å²) in [5.74, 6) is -0.112. The molecule has 0 amide bonds. The molecule has 6 nitrogen and oxygen atoms in total. The van der Waals surface area contributed by atoms with Crippen molar-refractivity contribution < 1.29 is 28.5 Å². The van der Waals surface area contributed by atoms with Crippen molar-refractivity contribution in [1.29, 1.82) is 0 Å². The summed E-state index contributed by atoms with van der Waals surface area (Å²) in [5.41, 5.74) is 2.54. The zero-order valence-corrected chi connectivity index (χ0v) is 16.9. The summed E-state index contributed by atoms with van der Waals surface area (Å²) in [6.07, 6.45) is 1.10. The van der Waals surface area contributed by atoms with Crippen molar-refractivity contribution in [3.05, 3.63) is 84.4 Å². The lowest BCUT2D eigenvalue weighted by atomic mass is 10.1. The van der Waals surface area contributed by atoms with Gasteiger partial charge in [0.25, 0.3) is 0 Å². The van der Waals surface area contributed by atoms with E-state index in [1.165, 1.54) is 0 Å². The molecule has 0 radical (unpaired) electrons. The Kier molecular flexibility index (Phi) is 6.59. The van der Waals surface area contributed by atoms with Crippen molar-refractivity contribution >= 4 is 11.9 Å². The molecule has 1 aliphatic rings. The van der Waals surface area contributed by atoms with Gasteiger partial charge in [-0.1, -0.05) is 42.5 Å². The third kappa shape index (κ3) is 5.71. The normalized spacial score (nSPS) is 15.3. The van der Waals surface area contributed by atoms with E-state index in [9.17, 15) is 9.59 Å². The molecule has 158 valence electrons. The summed E-state index contributed by atoms with van der Waals surface area (Å²) < 4.78 is 21.3. The van der Waals surface area contributed by atoms with Gasteiger partial charge in [-0.3, -0.25) is 0 Å². The van der Waals surface area contributed by atoms with Crippen LogP contribution in [0.3, 0.4) is 0 Å². The van der Waals surface area contributed by atoms with Crippen LogP contribution in [0.25, 0.3) is 11.1 Å². The van der Waals surface area contributed by atoms with Crippen molar-refractivity contribution in [2.75, 3.05) is 13.2 Å². The first kappa shape index (κ1) is 20.6. The molecule has 0 aliphatic carbocycles. The van der Waals surface area contributed by atoms with E-state index in [1.54, 1.807) is 24.3 Å². The zero-order chi connectivity index (χ0) is 21.5. The predicted molar refractivity (Wildman–Crippen MR) is 114 cm³/mol. The molecule has 0 saturated carbocycles. The number of rotatable bonds is 7. The molecule has 3 aromatic rings. The molecule has 4 rings (SSSR count). The van der Waals surface area contributed by atoms with E-state index in [4.69, 9.17) is 18.9 Å². The van der Waals surface area contributed by atoms with E-state index >= 15 is 0 Å². The minimum Gasteiger partial charge on any atom is -0.482 e. The number of carbonyl (C=O) groups is 2. The van der Waals surface area contributed by atoms with E-state index in [-0.39, 0.29) is 6.61 Å². The van der Waals surface area contributed by atoms with Gasteiger partial charge in [-0.25, -0.2) is 9.59 Å². The van der Waals surface area contributed by atoms with Crippen molar-refractivity contribution in [3.63, 3.8) is 0 Å². The van der Waals surface area contributed by atoms with E-state index in [1.807, 2.05) is 54.6 Å². The number of benzene rings is 3. The largest absolute Gasteiger partial charge is 0.482 e. The average Bonchev–Trinajstić information content (AvgIpc) is 3.32. The van der Waals surface area contributed by atoms with Gasteiger partial charge in [0.15, 0.2) is 6.61 Å². The lowest BCUT2D eigenvalue weighted by Crippen LogP contribution is -2.18. The van der Waals surface area contributed by atoms with E-state index in [0.717, 1.165) is 17.5 Å². The fraction of sp³-hybridized carbons (Fsp3) is 0.200. The third-order valence-corrected chi connectivity index (χ3v) is 4.77. The summed E-state index contributed by atoms with van der Waals surface area (Å²) in [4.78, 5) is 24.1. The van der Waals surface area contributed by atoms with Gasteiger partial charge in [0.2, 0.25) is 6.29 Å². The smallest absolute Gasteiger partial charge is 0.349 e. The molecular weight excluding hydrogens is 396 g/mol. The van der Waals surface area contributed by atoms with Gasteiger partial charge in [-0.15, -0.1) is 0 Å². The maximum Gasteiger partial charge on any atom is 0.349 e. The molecule has 1 saturated heterocycles. The highest BCUT2D eigenvalue weighted by molar-refractivity contribution is 5.89. The topological polar surface area (TPSA) is 71.1 Å². The fourth-order valence-corrected chi connectivity index (χ4v) is 3.16. The van der Waals surface area contributed by atoms with Gasteiger partial charge < -0.3 is 18.9 Å². The minimum absolute atomic E-state index is 0.229.